The molecule has 0 spiro atoms. The van der Waals surface area contributed by atoms with Gasteiger partial charge in [-0.3, -0.25) is 4.79 Å². The maximum Gasteiger partial charge on any atom is 0.433 e. The van der Waals surface area contributed by atoms with Crippen molar-refractivity contribution in [2.75, 3.05) is 5.32 Å². The van der Waals surface area contributed by atoms with Crippen LogP contribution in [0.3, 0.4) is 0 Å². The molecular weight excluding hydrogens is 458 g/mol. The van der Waals surface area contributed by atoms with Crippen LogP contribution in [-0.2, 0) is 6.18 Å². The lowest BCUT2D eigenvalue weighted by atomic mass is 10.2. The van der Waals surface area contributed by atoms with Crippen molar-refractivity contribution >= 4 is 27.5 Å². The number of halogens is 5. The Hall–Kier alpha value is -3.01. The largest absolute Gasteiger partial charge is 0.439 e. The number of alkyl halides is 3. The van der Waals surface area contributed by atoms with Crippen molar-refractivity contribution in [2.24, 2.45) is 0 Å². The SMILES string of the molecule is Cc1nc(Oc2ccc(NC(=O)c3cc(F)cc(Br)c3)cc2)cc(C(F)(F)F)n1. The lowest BCUT2D eigenvalue weighted by Crippen LogP contribution is -2.12. The quantitative estimate of drug-likeness (QED) is 0.494. The highest BCUT2D eigenvalue weighted by atomic mass is 79.9. The van der Waals surface area contributed by atoms with Crippen molar-refractivity contribution in [2.45, 2.75) is 13.1 Å². The number of carbonyl (C=O) groups excluding carboxylic acids is 1. The number of nitrogens with zero attached hydrogens (tertiary/aromatic N) is 2. The van der Waals surface area contributed by atoms with E-state index in [9.17, 15) is 22.4 Å². The number of rotatable bonds is 4. The predicted octanol–water partition coefficient (Wildman–Crippen LogP) is 5.75. The van der Waals surface area contributed by atoms with Crippen LogP contribution in [0.1, 0.15) is 21.9 Å². The molecule has 2 aromatic carbocycles. The Balaban J connectivity index is 1.72. The third-order valence-corrected chi connectivity index (χ3v) is 4.02. The summed E-state index contributed by atoms with van der Waals surface area (Å²) in [6, 6.07) is 10.3. The van der Waals surface area contributed by atoms with Gasteiger partial charge in [-0.25, -0.2) is 9.37 Å². The number of ether oxygens (including phenoxy) is 1. The Labute approximate surface area is 170 Å². The molecule has 1 N–H and O–H groups in total. The van der Waals surface area contributed by atoms with Gasteiger partial charge in [0.05, 0.1) is 0 Å². The van der Waals surface area contributed by atoms with E-state index in [1.165, 1.54) is 43.3 Å². The van der Waals surface area contributed by atoms with Gasteiger partial charge in [-0.1, -0.05) is 15.9 Å². The molecule has 0 radical (unpaired) electrons. The summed E-state index contributed by atoms with van der Waals surface area (Å²) in [6.45, 7) is 1.32. The molecule has 0 saturated heterocycles. The fourth-order valence-corrected chi connectivity index (χ4v) is 2.82. The van der Waals surface area contributed by atoms with Crippen molar-refractivity contribution in [3.8, 4) is 11.6 Å². The average Bonchev–Trinajstić information content (AvgIpc) is 2.61. The number of anilines is 1. The summed E-state index contributed by atoms with van der Waals surface area (Å²) in [5.41, 5.74) is -0.601. The lowest BCUT2D eigenvalue weighted by molar-refractivity contribution is -0.141. The fourth-order valence-electron chi connectivity index (χ4n) is 2.35. The van der Waals surface area contributed by atoms with Crippen molar-refractivity contribution < 1.29 is 27.1 Å². The van der Waals surface area contributed by atoms with Gasteiger partial charge in [0, 0.05) is 21.8 Å². The van der Waals surface area contributed by atoms with E-state index in [0.717, 1.165) is 6.07 Å². The van der Waals surface area contributed by atoms with Gasteiger partial charge in [0.15, 0.2) is 5.69 Å². The van der Waals surface area contributed by atoms with E-state index in [2.05, 4.69) is 31.2 Å². The van der Waals surface area contributed by atoms with Gasteiger partial charge in [-0.15, -0.1) is 0 Å². The second-order valence-electron chi connectivity index (χ2n) is 5.88. The molecule has 0 aliphatic rings. The van der Waals surface area contributed by atoms with Crippen LogP contribution in [-0.4, -0.2) is 15.9 Å². The van der Waals surface area contributed by atoms with Crippen LogP contribution in [0.4, 0.5) is 23.2 Å². The number of hydrogen-bond acceptors (Lipinski definition) is 4. The summed E-state index contributed by atoms with van der Waals surface area (Å²) >= 11 is 3.11. The van der Waals surface area contributed by atoms with Crippen molar-refractivity contribution in [3.05, 3.63) is 75.9 Å². The normalized spacial score (nSPS) is 11.2. The smallest absolute Gasteiger partial charge is 0.433 e. The minimum atomic E-state index is -4.62. The third-order valence-electron chi connectivity index (χ3n) is 3.56. The van der Waals surface area contributed by atoms with Gasteiger partial charge in [-0.2, -0.15) is 18.2 Å². The summed E-state index contributed by atoms with van der Waals surface area (Å²) in [5.74, 6) is -1.22. The predicted molar refractivity (Wildman–Crippen MR) is 100 cm³/mol. The van der Waals surface area contributed by atoms with E-state index in [1.807, 2.05) is 0 Å². The van der Waals surface area contributed by atoms with Crippen LogP contribution in [0.15, 0.2) is 53.0 Å². The Bertz CT molecular complexity index is 1040. The standard InChI is InChI=1S/C19H12BrF4N3O2/c1-10-25-16(19(22,23)24)9-17(26-10)29-15-4-2-14(3-5-15)27-18(28)11-6-12(20)8-13(21)7-11/h2-9H,1H3,(H,27,28). The summed E-state index contributed by atoms with van der Waals surface area (Å²) < 4.78 is 57.7. The molecule has 29 heavy (non-hydrogen) atoms. The van der Waals surface area contributed by atoms with Crippen LogP contribution in [0.5, 0.6) is 11.6 Å². The summed E-state index contributed by atoms with van der Waals surface area (Å²) in [4.78, 5) is 19.4. The molecule has 0 aliphatic carbocycles. The number of aryl methyl sites for hydroxylation is 1. The first-order valence-electron chi connectivity index (χ1n) is 8.08. The highest BCUT2D eigenvalue weighted by Gasteiger charge is 2.33. The number of benzene rings is 2. The Kier molecular flexibility index (Phi) is 5.83. The van der Waals surface area contributed by atoms with Gasteiger partial charge in [0.2, 0.25) is 5.88 Å². The van der Waals surface area contributed by atoms with E-state index in [0.29, 0.717) is 16.2 Å². The first kappa shape index (κ1) is 20.7. The summed E-state index contributed by atoms with van der Waals surface area (Å²) in [6.07, 6.45) is -4.62. The molecule has 0 fully saturated rings. The molecule has 1 heterocycles. The number of hydrogen-bond donors (Lipinski definition) is 1. The van der Waals surface area contributed by atoms with Gasteiger partial charge < -0.3 is 10.1 Å². The molecule has 150 valence electrons. The minimum absolute atomic E-state index is 0.0834. The van der Waals surface area contributed by atoms with Crippen LogP contribution in [0.2, 0.25) is 0 Å². The Morgan fingerprint density at radius 1 is 1.07 bits per heavy atom. The van der Waals surface area contributed by atoms with E-state index >= 15 is 0 Å². The second kappa shape index (κ2) is 8.16. The zero-order valence-corrected chi connectivity index (χ0v) is 16.3. The molecule has 1 aromatic heterocycles. The molecule has 3 rings (SSSR count). The molecular formula is C19H12BrF4N3O2. The molecule has 0 aliphatic heterocycles. The lowest BCUT2D eigenvalue weighted by Gasteiger charge is -2.10. The van der Waals surface area contributed by atoms with E-state index in [1.54, 1.807) is 0 Å². The summed E-state index contributed by atoms with van der Waals surface area (Å²) in [5, 5.41) is 2.59. The molecule has 0 atom stereocenters. The van der Waals surface area contributed by atoms with Crippen LogP contribution >= 0.6 is 15.9 Å². The van der Waals surface area contributed by atoms with Crippen molar-refractivity contribution in [1.29, 1.82) is 0 Å². The van der Waals surface area contributed by atoms with Crippen molar-refractivity contribution in [3.63, 3.8) is 0 Å². The second-order valence-corrected chi connectivity index (χ2v) is 6.79. The molecule has 3 aromatic rings. The number of amides is 1. The highest BCUT2D eigenvalue weighted by Crippen LogP contribution is 2.31. The number of aromatic nitrogens is 2. The molecule has 0 bridgehead atoms. The number of carbonyl (C=O) groups is 1. The monoisotopic (exact) mass is 469 g/mol. The van der Waals surface area contributed by atoms with Gasteiger partial charge in [0.25, 0.3) is 5.91 Å². The first-order chi connectivity index (χ1) is 13.6. The zero-order chi connectivity index (χ0) is 21.2. The van der Waals surface area contributed by atoms with E-state index in [4.69, 9.17) is 4.74 Å². The molecule has 0 saturated carbocycles. The fraction of sp³-hybridized carbons (Fsp3) is 0.105. The average molecular weight is 470 g/mol. The summed E-state index contributed by atoms with van der Waals surface area (Å²) in [7, 11) is 0. The Morgan fingerprint density at radius 3 is 2.38 bits per heavy atom. The van der Waals surface area contributed by atoms with E-state index in [-0.39, 0.29) is 23.0 Å². The Morgan fingerprint density at radius 2 is 1.76 bits per heavy atom. The van der Waals surface area contributed by atoms with Gasteiger partial charge >= 0.3 is 6.18 Å². The topological polar surface area (TPSA) is 64.1 Å². The van der Waals surface area contributed by atoms with Gasteiger partial charge in [0.1, 0.15) is 17.4 Å². The van der Waals surface area contributed by atoms with Crippen LogP contribution in [0.25, 0.3) is 0 Å². The van der Waals surface area contributed by atoms with Crippen LogP contribution in [0, 0.1) is 12.7 Å². The molecule has 5 nitrogen and oxygen atoms in total. The third kappa shape index (κ3) is 5.50. The highest BCUT2D eigenvalue weighted by molar-refractivity contribution is 9.10. The van der Waals surface area contributed by atoms with Gasteiger partial charge in [-0.05, 0) is 49.4 Å². The molecule has 1 amide bonds. The van der Waals surface area contributed by atoms with Crippen molar-refractivity contribution in [1.82, 2.24) is 9.97 Å². The maximum absolute atomic E-state index is 13.4. The zero-order valence-electron chi connectivity index (χ0n) is 14.7. The maximum atomic E-state index is 13.4. The molecule has 0 unspecified atom stereocenters. The molecule has 10 heteroatoms. The number of nitrogens with one attached hydrogen (secondary N) is 1. The van der Waals surface area contributed by atoms with Crippen LogP contribution < -0.4 is 10.1 Å². The minimum Gasteiger partial charge on any atom is -0.439 e. The first-order valence-corrected chi connectivity index (χ1v) is 8.88. The van der Waals surface area contributed by atoms with E-state index < -0.39 is 23.6 Å².